The Kier molecular flexibility index (Phi) is 11.2. The third-order valence-corrected chi connectivity index (χ3v) is 4.52. The molecule has 0 amide bonds. The van der Waals surface area contributed by atoms with Crippen LogP contribution in [-0.2, 0) is 13.0 Å². The lowest BCUT2D eigenvalue weighted by Gasteiger charge is -2.25. The standard InChI is InChI=1S/C18H26N4.C3H7N.C2H6/c1-3-5-11-15-21-16-17(22(15)12-6-4-2)13-9-7-8-10-14(13)20-18(16)19;1-2-3-4;1-2/h7-10,18,20H,3-6,11-12,19H2,1-2H3;2H,1,3-4H2;1-2H3. The van der Waals surface area contributed by atoms with E-state index >= 15 is 0 Å². The first-order valence-corrected chi connectivity index (χ1v) is 10.7. The van der Waals surface area contributed by atoms with Crippen molar-refractivity contribution in [2.45, 2.75) is 72.5 Å². The number of aryl methyl sites for hydroxylation is 1. The second kappa shape index (κ2) is 13.1. The lowest BCUT2D eigenvalue weighted by molar-refractivity contribution is 0.595. The maximum absolute atomic E-state index is 6.31. The summed E-state index contributed by atoms with van der Waals surface area (Å²) in [7, 11) is 0. The van der Waals surface area contributed by atoms with Crippen molar-refractivity contribution >= 4 is 5.69 Å². The Morgan fingerprint density at radius 2 is 1.82 bits per heavy atom. The summed E-state index contributed by atoms with van der Waals surface area (Å²) in [6.45, 7) is 13.4. The van der Waals surface area contributed by atoms with Gasteiger partial charge >= 0.3 is 0 Å². The molecule has 0 aliphatic carbocycles. The van der Waals surface area contributed by atoms with Crippen molar-refractivity contribution in [3.05, 3.63) is 48.4 Å². The van der Waals surface area contributed by atoms with Crippen LogP contribution in [0.25, 0.3) is 11.3 Å². The normalized spacial score (nSPS) is 13.7. The molecule has 156 valence electrons. The van der Waals surface area contributed by atoms with Crippen LogP contribution in [0.2, 0.25) is 0 Å². The van der Waals surface area contributed by atoms with Crippen molar-refractivity contribution in [2.24, 2.45) is 11.5 Å². The first kappa shape index (κ1) is 23.9. The fraction of sp³-hybridized carbons (Fsp3) is 0.522. The Hall–Kier alpha value is -2.11. The second-order valence-electron chi connectivity index (χ2n) is 6.56. The monoisotopic (exact) mass is 385 g/mol. The predicted molar refractivity (Wildman–Crippen MR) is 122 cm³/mol. The Bertz CT molecular complexity index is 705. The van der Waals surface area contributed by atoms with Crippen molar-refractivity contribution in [3.63, 3.8) is 0 Å². The molecule has 1 unspecified atom stereocenters. The number of para-hydroxylation sites is 1. The summed E-state index contributed by atoms with van der Waals surface area (Å²) in [5.74, 6) is 1.19. The number of rotatable bonds is 7. The molecular formula is C23H39N5. The van der Waals surface area contributed by atoms with Crippen LogP contribution in [0.15, 0.2) is 36.9 Å². The van der Waals surface area contributed by atoms with E-state index in [4.69, 9.17) is 16.5 Å². The van der Waals surface area contributed by atoms with E-state index in [0.717, 1.165) is 24.3 Å². The molecule has 1 aliphatic heterocycles. The molecule has 5 nitrogen and oxygen atoms in total. The van der Waals surface area contributed by atoms with E-state index in [-0.39, 0.29) is 6.17 Å². The molecule has 5 heteroatoms. The van der Waals surface area contributed by atoms with Gasteiger partial charge in [0.25, 0.3) is 0 Å². The van der Waals surface area contributed by atoms with Crippen LogP contribution in [0.3, 0.4) is 0 Å². The molecule has 0 bridgehead atoms. The zero-order chi connectivity index (χ0) is 20.9. The number of hydrogen-bond acceptors (Lipinski definition) is 4. The van der Waals surface area contributed by atoms with Crippen LogP contribution in [-0.4, -0.2) is 16.1 Å². The summed E-state index contributed by atoms with van der Waals surface area (Å²) < 4.78 is 2.41. The summed E-state index contributed by atoms with van der Waals surface area (Å²) in [6, 6.07) is 8.40. The molecule has 1 aliphatic rings. The van der Waals surface area contributed by atoms with Gasteiger partial charge in [-0.25, -0.2) is 4.98 Å². The van der Waals surface area contributed by atoms with E-state index in [2.05, 4.69) is 48.5 Å². The van der Waals surface area contributed by atoms with E-state index in [1.165, 1.54) is 42.8 Å². The van der Waals surface area contributed by atoms with Crippen LogP contribution >= 0.6 is 0 Å². The molecule has 3 rings (SSSR count). The third-order valence-electron chi connectivity index (χ3n) is 4.52. The van der Waals surface area contributed by atoms with Gasteiger partial charge in [-0.1, -0.05) is 64.8 Å². The van der Waals surface area contributed by atoms with Crippen molar-refractivity contribution in [1.29, 1.82) is 0 Å². The number of aromatic nitrogens is 2. The fourth-order valence-electron chi connectivity index (χ4n) is 3.15. The van der Waals surface area contributed by atoms with Crippen molar-refractivity contribution in [2.75, 3.05) is 11.9 Å². The summed E-state index contributed by atoms with van der Waals surface area (Å²) >= 11 is 0. The van der Waals surface area contributed by atoms with Gasteiger partial charge in [-0.15, -0.1) is 6.58 Å². The minimum Gasteiger partial charge on any atom is -0.364 e. The van der Waals surface area contributed by atoms with Crippen molar-refractivity contribution < 1.29 is 0 Å². The number of hydrogen-bond donors (Lipinski definition) is 3. The molecule has 0 radical (unpaired) electrons. The lowest BCUT2D eigenvalue weighted by Crippen LogP contribution is -2.25. The van der Waals surface area contributed by atoms with E-state index in [9.17, 15) is 0 Å². The number of imidazole rings is 1. The van der Waals surface area contributed by atoms with E-state index < -0.39 is 0 Å². The molecule has 0 fully saturated rings. The fourth-order valence-corrected chi connectivity index (χ4v) is 3.15. The highest BCUT2D eigenvalue weighted by Gasteiger charge is 2.28. The van der Waals surface area contributed by atoms with Gasteiger partial charge in [-0.05, 0) is 18.9 Å². The minimum absolute atomic E-state index is 0.215. The second-order valence-corrected chi connectivity index (χ2v) is 6.56. The van der Waals surface area contributed by atoms with Gasteiger partial charge in [0.1, 0.15) is 17.7 Å². The molecule has 0 saturated heterocycles. The Morgan fingerprint density at radius 3 is 2.43 bits per heavy atom. The summed E-state index contributed by atoms with van der Waals surface area (Å²) in [6.07, 6.45) is 7.19. The summed E-state index contributed by atoms with van der Waals surface area (Å²) in [4.78, 5) is 4.90. The molecule has 0 spiro atoms. The van der Waals surface area contributed by atoms with E-state index in [1.807, 2.05) is 19.9 Å². The van der Waals surface area contributed by atoms with Crippen LogP contribution in [0.1, 0.15) is 71.1 Å². The van der Waals surface area contributed by atoms with Gasteiger partial charge in [0.2, 0.25) is 0 Å². The smallest absolute Gasteiger partial charge is 0.120 e. The average molecular weight is 386 g/mol. The minimum atomic E-state index is -0.215. The number of anilines is 1. The molecule has 28 heavy (non-hydrogen) atoms. The average Bonchev–Trinajstić information content (AvgIpc) is 3.11. The first-order valence-electron chi connectivity index (χ1n) is 10.7. The van der Waals surface area contributed by atoms with Gasteiger partial charge in [-0.3, -0.25) is 0 Å². The Balaban J connectivity index is 0.000000583. The molecule has 0 saturated carbocycles. The number of unbranched alkanes of at least 4 members (excludes halogenated alkanes) is 2. The third kappa shape index (κ3) is 5.94. The highest BCUT2D eigenvalue weighted by atomic mass is 15.2. The number of benzene rings is 1. The van der Waals surface area contributed by atoms with Gasteiger partial charge in [0, 0.05) is 30.8 Å². The molecule has 5 N–H and O–H groups in total. The quantitative estimate of drug-likeness (QED) is 0.570. The van der Waals surface area contributed by atoms with Gasteiger partial charge in [0.15, 0.2) is 0 Å². The molecule has 2 aromatic rings. The highest BCUT2D eigenvalue weighted by Crippen LogP contribution is 2.39. The Labute approximate surface area is 171 Å². The van der Waals surface area contributed by atoms with Crippen molar-refractivity contribution in [3.8, 4) is 11.3 Å². The van der Waals surface area contributed by atoms with Crippen LogP contribution in [0.5, 0.6) is 0 Å². The molecule has 2 heterocycles. The number of nitrogens with one attached hydrogen (secondary N) is 1. The highest BCUT2D eigenvalue weighted by molar-refractivity contribution is 5.81. The number of nitrogens with zero attached hydrogens (tertiary/aromatic N) is 2. The topological polar surface area (TPSA) is 81.9 Å². The van der Waals surface area contributed by atoms with E-state index in [1.54, 1.807) is 6.08 Å². The van der Waals surface area contributed by atoms with Gasteiger partial charge in [0.05, 0.1) is 5.69 Å². The zero-order valence-corrected chi connectivity index (χ0v) is 18.2. The molecule has 1 atom stereocenters. The predicted octanol–water partition coefficient (Wildman–Crippen LogP) is 5.23. The van der Waals surface area contributed by atoms with Gasteiger partial charge < -0.3 is 21.4 Å². The lowest BCUT2D eigenvalue weighted by atomic mass is 10.0. The van der Waals surface area contributed by atoms with Crippen molar-refractivity contribution in [1.82, 2.24) is 9.55 Å². The summed E-state index contributed by atoms with van der Waals surface area (Å²) in [5.41, 5.74) is 15.8. The Morgan fingerprint density at radius 1 is 1.18 bits per heavy atom. The molecule has 1 aromatic heterocycles. The maximum Gasteiger partial charge on any atom is 0.120 e. The van der Waals surface area contributed by atoms with E-state index in [0.29, 0.717) is 6.54 Å². The molecular weight excluding hydrogens is 346 g/mol. The first-order chi connectivity index (χ1) is 13.7. The van der Waals surface area contributed by atoms with Crippen LogP contribution in [0, 0.1) is 0 Å². The summed E-state index contributed by atoms with van der Waals surface area (Å²) in [5, 5.41) is 3.37. The molecule has 1 aromatic carbocycles. The van der Waals surface area contributed by atoms with Crippen LogP contribution in [0.4, 0.5) is 5.69 Å². The van der Waals surface area contributed by atoms with Gasteiger partial charge in [-0.2, -0.15) is 0 Å². The number of fused-ring (bicyclic) bond motifs is 3. The SMILES string of the molecule is C=CCN.CC.CCCCc1nc2c(n1CCCC)-c1ccccc1NC2N. The zero-order valence-electron chi connectivity index (χ0n) is 18.2. The largest absolute Gasteiger partial charge is 0.364 e. The number of nitrogens with two attached hydrogens (primary N) is 2. The maximum atomic E-state index is 6.31. The van der Waals surface area contributed by atoms with Crippen LogP contribution < -0.4 is 16.8 Å².